The van der Waals surface area contributed by atoms with Gasteiger partial charge in [-0.2, -0.15) is 0 Å². The Hall–Kier alpha value is -0.0800. The van der Waals surface area contributed by atoms with Crippen molar-refractivity contribution in [2.75, 3.05) is 6.61 Å². The third-order valence-corrected chi connectivity index (χ3v) is 1.54. The van der Waals surface area contributed by atoms with Crippen LogP contribution in [0.5, 0.6) is 0 Å². The van der Waals surface area contributed by atoms with Gasteiger partial charge in [0.15, 0.2) is 6.29 Å². The molecule has 2 fully saturated rings. The molecule has 0 spiro atoms. The van der Waals surface area contributed by atoms with E-state index in [9.17, 15) is 0 Å². The second-order valence-electron chi connectivity index (χ2n) is 2.10. The number of hydrogen-bond acceptors (Lipinski definition) is 2. The van der Waals surface area contributed by atoms with E-state index in [1.807, 2.05) is 0 Å². The zero-order valence-electron chi connectivity index (χ0n) is 4.09. The highest BCUT2D eigenvalue weighted by Gasteiger charge is 2.32. The van der Waals surface area contributed by atoms with Gasteiger partial charge in [-0.05, 0) is 6.42 Å². The molecule has 40 valence electrons. The molecule has 0 amide bonds. The van der Waals surface area contributed by atoms with E-state index in [4.69, 9.17) is 9.47 Å². The van der Waals surface area contributed by atoms with Crippen LogP contribution in [0.4, 0.5) is 0 Å². The third-order valence-electron chi connectivity index (χ3n) is 1.54. The third kappa shape index (κ3) is 0.469. The largest absolute Gasteiger partial charge is 0.350 e. The van der Waals surface area contributed by atoms with Crippen molar-refractivity contribution < 1.29 is 9.47 Å². The van der Waals surface area contributed by atoms with Gasteiger partial charge in [-0.25, -0.2) is 0 Å². The van der Waals surface area contributed by atoms with Gasteiger partial charge in [0, 0.05) is 6.42 Å². The summed E-state index contributed by atoms with van der Waals surface area (Å²) in [4.78, 5) is 0. The summed E-state index contributed by atoms with van der Waals surface area (Å²) in [6.45, 7) is 0.838. The molecule has 1 unspecified atom stereocenters. The van der Waals surface area contributed by atoms with Gasteiger partial charge in [0.1, 0.15) is 0 Å². The summed E-state index contributed by atoms with van der Waals surface area (Å²) in [5, 5.41) is 0. The van der Waals surface area contributed by atoms with E-state index in [0.29, 0.717) is 6.10 Å². The Morgan fingerprint density at radius 1 is 1.29 bits per heavy atom. The molecule has 0 aromatic heterocycles. The molecule has 2 aliphatic rings. The summed E-state index contributed by atoms with van der Waals surface area (Å²) in [5.41, 5.74) is 0. The van der Waals surface area contributed by atoms with Crippen molar-refractivity contribution in [1.29, 1.82) is 0 Å². The van der Waals surface area contributed by atoms with E-state index in [1.165, 1.54) is 6.42 Å². The van der Waals surface area contributed by atoms with Crippen molar-refractivity contribution in [2.45, 2.75) is 25.2 Å². The summed E-state index contributed by atoms with van der Waals surface area (Å²) < 4.78 is 10.4. The number of rotatable bonds is 0. The Balaban J connectivity index is 2.12. The first-order chi connectivity index (χ1) is 3.45. The maximum atomic E-state index is 5.25. The van der Waals surface area contributed by atoms with Crippen LogP contribution < -0.4 is 0 Å². The van der Waals surface area contributed by atoms with Gasteiger partial charge in [0.2, 0.25) is 0 Å². The fraction of sp³-hybridized carbons (Fsp3) is 1.00. The fourth-order valence-corrected chi connectivity index (χ4v) is 1.13. The number of ether oxygens (including phenoxy) is 2. The maximum Gasteiger partial charge on any atom is 0.158 e. The first-order valence-electron chi connectivity index (χ1n) is 2.72. The molecule has 0 aromatic carbocycles. The minimum absolute atomic E-state index is 0.171. The van der Waals surface area contributed by atoms with E-state index in [-0.39, 0.29) is 6.29 Å². The van der Waals surface area contributed by atoms with E-state index in [0.717, 1.165) is 13.0 Å². The zero-order valence-corrected chi connectivity index (χ0v) is 4.09. The smallest absolute Gasteiger partial charge is 0.158 e. The normalized spacial score (nSPS) is 48.0. The Bertz CT molecular complexity index is 64.1. The Labute approximate surface area is 42.4 Å². The highest BCUT2D eigenvalue weighted by molar-refractivity contribution is 4.73. The van der Waals surface area contributed by atoms with Gasteiger partial charge in [0.05, 0.1) is 12.7 Å². The lowest BCUT2D eigenvalue weighted by Crippen LogP contribution is -2.08. The van der Waals surface area contributed by atoms with Crippen LogP contribution in [0.2, 0.25) is 0 Å². The molecule has 2 heteroatoms. The second-order valence-corrected chi connectivity index (χ2v) is 2.10. The topological polar surface area (TPSA) is 18.5 Å². The van der Waals surface area contributed by atoms with Gasteiger partial charge in [-0.1, -0.05) is 0 Å². The maximum absolute atomic E-state index is 5.25. The van der Waals surface area contributed by atoms with Crippen LogP contribution in [-0.4, -0.2) is 19.0 Å². The van der Waals surface area contributed by atoms with Gasteiger partial charge < -0.3 is 9.47 Å². The van der Waals surface area contributed by atoms with E-state index >= 15 is 0 Å². The highest BCUT2D eigenvalue weighted by atomic mass is 16.7. The van der Waals surface area contributed by atoms with Gasteiger partial charge in [0.25, 0.3) is 0 Å². The highest BCUT2D eigenvalue weighted by Crippen LogP contribution is 2.27. The summed E-state index contributed by atoms with van der Waals surface area (Å²) in [6, 6.07) is 0. The van der Waals surface area contributed by atoms with Crippen molar-refractivity contribution in [3.8, 4) is 0 Å². The molecule has 0 aromatic rings. The molecular formula is C5H8O2. The number of fused-ring (bicyclic) bond motifs is 2. The Morgan fingerprint density at radius 3 is 2.43 bits per heavy atom. The molecule has 2 bridgehead atoms. The molecule has 2 saturated heterocycles. The lowest BCUT2D eigenvalue weighted by molar-refractivity contribution is -0.0270. The summed E-state index contributed by atoms with van der Waals surface area (Å²) in [5.74, 6) is 0. The van der Waals surface area contributed by atoms with E-state index in [1.54, 1.807) is 0 Å². The Kier molecular flexibility index (Phi) is 0.664. The summed E-state index contributed by atoms with van der Waals surface area (Å²) >= 11 is 0. The van der Waals surface area contributed by atoms with Crippen LogP contribution in [0, 0.1) is 0 Å². The standard InChI is InChI=1S/C5H8O2/c1-2-5-6-3-4(1)7-5/h4-5H,1-3H2/t4-,5?/m1/s1. The molecule has 7 heavy (non-hydrogen) atoms. The quantitative estimate of drug-likeness (QED) is 0.442. The molecule has 2 aliphatic heterocycles. The summed E-state index contributed by atoms with van der Waals surface area (Å²) in [6.07, 6.45) is 2.95. The van der Waals surface area contributed by atoms with Crippen molar-refractivity contribution in [3.63, 3.8) is 0 Å². The molecule has 0 saturated carbocycles. The van der Waals surface area contributed by atoms with Crippen molar-refractivity contribution in [2.24, 2.45) is 0 Å². The minimum Gasteiger partial charge on any atom is -0.350 e. The monoisotopic (exact) mass is 100 g/mol. The van der Waals surface area contributed by atoms with Gasteiger partial charge >= 0.3 is 0 Å². The predicted octanol–water partition coefficient (Wildman–Crippen LogP) is 0.522. The van der Waals surface area contributed by atoms with Crippen molar-refractivity contribution in [3.05, 3.63) is 0 Å². The zero-order chi connectivity index (χ0) is 4.69. The SMILES string of the molecule is C1C[C@@H]2COC1O2. The molecule has 0 N–H and O–H groups in total. The van der Waals surface area contributed by atoms with Crippen molar-refractivity contribution in [1.82, 2.24) is 0 Å². The van der Waals surface area contributed by atoms with Crippen LogP contribution in [0.25, 0.3) is 0 Å². The molecule has 2 heterocycles. The first kappa shape index (κ1) is 3.87. The van der Waals surface area contributed by atoms with Crippen molar-refractivity contribution >= 4 is 0 Å². The molecule has 0 radical (unpaired) electrons. The van der Waals surface area contributed by atoms with Gasteiger partial charge in [-0.15, -0.1) is 0 Å². The minimum atomic E-state index is 0.171. The average Bonchev–Trinajstić information content (AvgIpc) is 2.22. The van der Waals surface area contributed by atoms with Crippen LogP contribution in [-0.2, 0) is 9.47 Å². The Morgan fingerprint density at radius 2 is 2.29 bits per heavy atom. The average molecular weight is 100 g/mol. The summed E-state index contributed by atoms with van der Waals surface area (Å²) in [7, 11) is 0. The lowest BCUT2D eigenvalue weighted by atomic mass is 10.2. The van der Waals surface area contributed by atoms with Crippen LogP contribution in [0.15, 0.2) is 0 Å². The lowest BCUT2D eigenvalue weighted by Gasteiger charge is -2.02. The van der Waals surface area contributed by atoms with Crippen LogP contribution >= 0.6 is 0 Å². The molecule has 0 aliphatic carbocycles. The number of hydrogen-bond donors (Lipinski definition) is 0. The van der Waals surface area contributed by atoms with E-state index < -0.39 is 0 Å². The molecule has 2 rings (SSSR count). The van der Waals surface area contributed by atoms with Crippen LogP contribution in [0.3, 0.4) is 0 Å². The first-order valence-corrected chi connectivity index (χ1v) is 2.72. The molecule has 2 nitrogen and oxygen atoms in total. The van der Waals surface area contributed by atoms with Gasteiger partial charge in [-0.3, -0.25) is 0 Å². The predicted molar refractivity (Wildman–Crippen MR) is 23.8 cm³/mol. The molecular weight excluding hydrogens is 92.1 g/mol. The molecule has 2 atom stereocenters. The van der Waals surface area contributed by atoms with E-state index in [2.05, 4.69) is 0 Å². The second kappa shape index (κ2) is 1.20. The van der Waals surface area contributed by atoms with Crippen LogP contribution in [0.1, 0.15) is 12.8 Å². The fourth-order valence-electron chi connectivity index (χ4n) is 1.13.